The number of nitrogens with zero attached hydrogens (tertiary/aromatic N) is 1. The topological polar surface area (TPSA) is 76.1 Å². The number of hydrogen-bond acceptors (Lipinski definition) is 4. The summed E-state index contributed by atoms with van der Waals surface area (Å²) in [6.07, 6.45) is 3.12. The van der Waals surface area contributed by atoms with Gasteiger partial charge in [-0.25, -0.2) is 0 Å². The summed E-state index contributed by atoms with van der Waals surface area (Å²) in [6.45, 7) is 0.347. The first kappa shape index (κ1) is 13.3. The first-order valence-electron chi connectivity index (χ1n) is 7.11. The number of methoxy groups -OCH3 is 1. The van der Waals surface area contributed by atoms with Crippen molar-refractivity contribution in [1.82, 2.24) is 0 Å². The highest BCUT2D eigenvalue weighted by Gasteiger charge is 2.67. The van der Waals surface area contributed by atoms with Crippen LogP contribution in [0.2, 0.25) is 0 Å². The second-order valence-corrected chi connectivity index (χ2v) is 5.86. The first-order chi connectivity index (χ1) is 10.6. The summed E-state index contributed by atoms with van der Waals surface area (Å²) in [5.41, 5.74) is -0.0794. The third-order valence-corrected chi connectivity index (χ3v) is 4.77. The van der Waals surface area contributed by atoms with Gasteiger partial charge in [0.15, 0.2) is 0 Å². The van der Waals surface area contributed by atoms with E-state index in [1.54, 1.807) is 42.4 Å². The molecule has 0 unspecified atom stereocenters. The Hall–Kier alpha value is -2.34. The van der Waals surface area contributed by atoms with Gasteiger partial charge in [0.1, 0.15) is 17.3 Å². The summed E-state index contributed by atoms with van der Waals surface area (Å²) in [6, 6.07) is 7.13. The minimum Gasteiger partial charge on any atom is -0.497 e. The largest absolute Gasteiger partial charge is 0.497 e. The Labute approximate surface area is 126 Å². The molecule has 0 aromatic heterocycles. The maximum Gasteiger partial charge on any atom is 0.310 e. The number of carbonyl (C=O) groups is 2. The van der Waals surface area contributed by atoms with Crippen molar-refractivity contribution in [3.8, 4) is 5.75 Å². The molecule has 1 spiro atoms. The van der Waals surface area contributed by atoms with Gasteiger partial charge in [-0.1, -0.05) is 12.2 Å². The highest BCUT2D eigenvalue weighted by atomic mass is 16.5. The van der Waals surface area contributed by atoms with Crippen LogP contribution in [0.25, 0.3) is 0 Å². The zero-order valence-corrected chi connectivity index (χ0v) is 11.9. The third-order valence-electron chi connectivity index (χ3n) is 4.77. The van der Waals surface area contributed by atoms with Gasteiger partial charge >= 0.3 is 5.97 Å². The number of aliphatic carboxylic acids is 1. The lowest BCUT2D eigenvalue weighted by Crippen LogP contribution is -2.39. The number of anilines is 1. The van der Waals surface area contributed by atoms with Crippen LogP contribution >= 0.6 is 0 Å². The minimum absolute atomic E-state index is 0.190. The second-order valence-electron chi connectivity index (χ2n) is 5.86. The van der Waals surface area contributed by atoms with E-state index in [-0.39, 0.29) is 5.91 Å². The van der Waals surface area contributed by atoms with Crippen molar-refractivity contribution in [2.24, 2.45) is 11.8 Å². The molecule has 114 valence electrons. The Balaban J connectivity index is 1.70. The molecule has 1 aromatic carbocycles. The molecular weight excluding hydrogens is 286 g/mol. The first-order valence-corrected chi connectivity index (χ1v) is 7.11. The lowest BCUT2D eigenvalue weighted by Gasteiger charge is -2.21. The van der Waals surface area contributed by atoms with Gasteiger partial charge in [-0.3, -0.25) is 9.59 Å². The van der Waals surface area contributed by atoms with Gasteiger partial charge in [-0.05, 0) is 24.3 Å². The number of fused-ring (bicyclic) bond motifs is 1. The van der Waals surface area contributed by atoms with Gasteiger partial charge in [0.25, 0.3) is 0 Å². The fourth-order valence-corrected chi connectivity index (χ4v) is 3.76. The minimum atomic E-state index is -0.980. The quantitative estimate of drug-likeness (QED) is 0.845. The van der Waals surface area contributed by atoms with Crippen molar-refractivity contribution in [2.75, 3.05) is 18.6 Å². The smallest absolute Gasteiger partial charge is 0.310 e. The SMILES string of the molecule is COc1ccc(N2C[C@@]34C=C[C@H](O3)[C@H](C(=O)O)[C@@H]4C2=O)cc1. The van der Waals surface area contributed by atoms with Gasteiger partial charge in [-0.2, -0.15) is 0 Å². The highest BCUT2D eigenvalue weighted by molar-refractivity contribution is 6.02. The molecule has 1 aromatic rings. The van der Waals surface area contributed by atoms with Crippen LogP contribution in [-0.4, -0.2) is 42.3 Å². The number of benzene rings is 1. The zero-order chi connectivity index (χ0) is 15.5. The number of rotatable bonds is 3. The summed E-state index contributed by atoms with van der Waals surface area (Å²) in [5, 5.41) is 9.42. The van der Waals surface area contributed by atoms with Crippen molar-refractivity contribution in [2.45, 2.75) is 11.7 Å². The van der Waals surface area contributed by atoms with Crippen molar-refractivity contribution in [3.63, 3.8) is 0 Å². The lowest BCUT2D eigenvalue weighted by molar-refractivity contribution is -0.146. The summed E-state index contributed by atoms with van der Waals surface area (Å²) < 4.78 is 11.0. The summed E-state index contributed by atoms with van der Waals surface area (Å²) in [7, 11) is 1.58. The molecule has 4 atom stereocenters. The van der Waals surface area contributed by atoms with Crippen LogP contribution in [0.1, 0.15) is 0 Å². The molecule has 0 aliphatic carbocycles. The van der Waals surface area contributed by atoms with Crippen LogP contribution in [-0.2, 0) is 14.3 Å². The summed E-state index contributed by atoms with van der Waals surface area (Å²) in [4.78, 5) is 25.9. The average Bonchev–Trinajstić information content (AvgIpc) is 3.15. The monoisotopic (exact) mass is 301 g/mol. The molecule has 1 N–H and O–H groups in total. The normalized spacial score (nSPS) is 35.0. The van der Waals surface area contributed by atoms with E-state index in [0.29, 0.717) is 12.3 Å². The van der Waals surface area contributed by atoms with E-state index in [9.17, 15) is 14.7 Å². The van der Waals surface area contributed by atoms with Crippen molar-refractivity contribution >= 4 is 17.6 Å². The number of ether oxygens (including phenoxy) is 2. The second kappa shape index (κ2) is 4.33. The number of amides is 1. The van der Waals surface area contributed by atoms with Gasteiger partial charge in [0.2, 0.25) is 5.91 Å². The predicted molar refractivity (Wildman–Crippen MR) is 76.7 cm³/mol. The standard InChI is InChI=1S/C16H15NO5/c1-21-10-4-2-9(3-5-10)17-8-16-7-6-11(22-16)12(15(19)20)13(16)14(17)18/h2-7,11-13H,8H2,1H3,(H,19,20)/t11-,12-,13+,16+/m0/s1. The molecule has 0 radical (unpaired) electrons. The molecule has 2 bridgehead atoms. The molecule has 3 aliphatic rings. The molecule has 2 fully saturated rings. The molecule has 0 saturated carbocycles. The third kappa shape index (κ3) is 1.58. The number of carboxylic acid groups (broad SMARTS) is 1. The fraction of sp³-hybridized carbons (Fsp3) is 0.375. The Bertz CT molecular complexity index is 682. The Morgan fingerprint density at radius 3 is 2.77 bits per heavy atom. The number of carboxylic acids is 1. The fourth-order valence-electron chi connectivity index (χ4n) is 3.76. The number of carbonyl (C=O) groups excluding carboxylic acids is 1. The van der Waals surface area contributed by atoms with Crippen LogP contribution < -0.4 is 9.64 Å². The zero-order valence-electron chi connectivity index (χ0n) is 11.9. The molecule has 2 saturated heterocycles. The Kier molecular flexibility index (Phi) is 2.62. The van der Waals surface area contributed by atoms with E-state index < -0.39 is 29.5 Å². The van der Waals surface area contributed by atoms with Gasteiger partial charge in [0, 0.05) is 5.69 Å². The molecule has 6 heteroatoms. The lowest BCUT2D eigenvalue weighted by atomic mass is 9.77. The maximum atomic E-state index is 12.8. The molecule has 3 heterocycles. The predicted octanol–water partition coefficient (Wildman–Crippen LogP) is 1.07. The Morgan fingerprint density at radius 2 is 2.14 bits per heavy atom. The highest BCUT2D eigenvalue weighted by Crippen LogP contribution is 2.52. The molecule has 4 rings (SSSR count). The van der Waals surface area contributed by atoms with Gasteiger partial charge < -0.3 is 19.5 Å². The van der Waals surface area contributed by atoms with E-state index in [1.807, 2.05) is 6.08 Å². The molecule has 3 aliphatic heterocycles. The maximum absolute atomic E-state index is 12.8. The Morgan fingerprint density at radius 1 is 1.41 bits per heavy atom. The van der Waals surface area contributed by atoms with Gasteiger partial charge in [0.05, 0.1) is 25.7 Å². The van der Waals surface area contributed by atoms with E-state index in [4.69, 9.17) is 9.47 Å². The number of hydrogen-bond donors (Lipinski definition) is 1. The molecular formula is C16H15NO5. The molecule has 22 heavy (non-hydrogen) atoms. The van der Waals surface area contributed by atoms with Crippen LogP contribution in [0, 0.1) is 11.8 Å². The molecule has 1 amide bonds. The molecule has 6 nitrogen and oxygen atoms in total. The van der Waals surface area contributed by atoms with Crippen molar-refractivity contribution < 1.29 is 24.2 Å². The van der Waals surface area contributed by atoms with E-state index in [2.05, 4.69) is 0 Å². The van der Waals surface area contributed by atoms with E-state index in [1.165, 1.54) is 0 Å². The summed E-state index contributed by atoms with van der Waals surface area (Å²) >= 11 is 0. The van der Waals surface area contributed by atoms with E-state index >= 15 is 0 Å². The van der Waals surface area contributed by atoms with Crippen LogP contribution in [0.15, 0.2) is 36.4 Å². The summed E-state index contributed by atoms with van der Waals surface area (Å²) in [5.74, 6) is -1.92. The van der Waals surface area contributed by atoms with Crippen molar-refractivity contribution in [1.29, 1.82) is 0 Å². The van der Waals surface area contributed by atoms with Crippen molar-refractivity contribution in [3.05, 3.63) is 36.4 Å². The average molecular weight is 301 g/mol. The van der Waals surface area contributed by atoms with E-state index in [0.717, 1.165) is 5.69 Å². The van der Waals surface area contributed by atoms with Crippen LogP contribution in [0.5, 0.6) is 5.75 Å². The van der Waals surface area contributed by atoms with Crippen LogP contribution in [0.4, 0.5) is 5.69 Å². The van der Waals surface area contributed by atoms with Crippen LogP contribution in [0.3, 0.4) is 0 Å². The van der Waals surface area contributed by atoms with Gasteiger partial charge in [-0.15, -0.1) is 0 Å².